The number of aliphatic hydroxyl groups excluding tert-OH is 1. The molecule has 3 aromatic carbocycles. The third kappa shape index (κ3) is 5.56. The standard InChI is InChI=1S/C33H30N2O6S/c1-5-40-32(39)30-21(4)34-33(42-30)35-27(23-13-15-24(16-14-23)41-18-22-9-7-6-8-10-22)26(29(37)31(35)38)28(36)25-17-19(2)11-12-20(25)3/h6-17,27,36H,5,18H2,1-4H3/b28-26+. The van der Waals surface area contributed by atoms with Gasteiger partial charge in [0.25, 0.3) is 5.78 Å². The van der Waals surface area contributed by atoms with Crippen molar-refractivity contribution in [3.05, 3.63) is 117 Å². The average molecular weight is 583 g/mol. The monoisotopic (exact) mass is 582 g/mol. The number of Topliss-reactive ketones (excluding diaryl/α,β-unsaturated/α-hetero) is 1. The van der Waals surface area contributed by atoms with Crippen molar-refractivity contribution in [2.24, 2.45) is 0 Å². The fourth-order valence-electron chi connectivity index (χ4n) is 4.84. The van der Waals surface area contributed by atoms with Crippen molar-refractivity contribution in [2.75, 3.05) is 11.5 Å². The van der Waals surface area contributed by atoms with Gasteiger partial charge in [0.1, 0.15) is 23.0 Å². The molecular weight excluding hydrogens is 552 g/mol. The van der Waals surface area contributed by atoms with E-state index in [0.29, 0.717) is 29.2 Å². The zero-order chi connectivity index (χ0) is 30.0. The van der Waals surface area contributed by atoms with Crippen LogP contribution in [-0.4, -0.2) is 34.4 Å². The minimum atomic E-state index is -0.992. The number of ketones is 1. The van der Waals surface area contributed by atoms with Gasteiger partial charge in [-0.25, -0.2) is 9.78 Å². The van der Waals surface area contributed by atoms with Crippen LogP contribution in [0.3, 0.4) is 0 Å². The maximum absolute atomic E-state index is 13.6. The lowest BCUT2D eigenvalue weighted by Crippen LogP contribution is -2.29. The minimum Gasteiger partial charge on any atom is -0.507 e. The molecule has 42 heavy (non-hydrogen) atoms. The van der Waals surface area contributed by atoms with Crippen LogP contribution >= 0.6 is 11.3 Å². The molecule has 1 saturated heterocycles. The molecule has 0 aliphatic carbocycles. The van der Waals surface area contributed by atoms with Crippen LogP contribution in [0.25, 0.3) is 5.76 Å². The molecule has 1 atom stereocenters. The summed E-state index contributed by atoms with van der Waals surface area (Å²) in [6.45, 7) is 7.62. The van der Waals surface area contributed by atoms with Gasteiger partial charge in [-0.05, 0) is 62.6 Å². The summed E-state index contributed by atoms with van der Waals surface area (Å²) in [6.07, 6.45) is 0. The summed E-state index contributed by atoms with van der Waals surface area (Å²) in [5.74, 6) is -1.91. The summed E-state index contributed by atoms with van der Waals surface area (Å²) in [7, 11) is 0. The predicted octanol–water partition coefficient (Wildman–Crippen LogP) is 6.45. The lowest BCUT2D eigenvalue weighted by molar-refractivity contribution is -0.132. The van der Waals surface area contributed by atoms with E-state index in [1.54, 1.807) is 44.2 Å². The first-order valence-electron chi connectivity index (χ1n) is 13.5. The number of esters is 1. The number of carbonyl (C=O) groups is 3. The zero-order valence-corrected chi connectivity index (χ0v) is 24.5. The molecule has 0 spiro atoms. The molecule has 1 fully saturated rings. The number of anilines is 1. The molecule has 5 rings (SSSR count). The highest BCUT2D eigenvalue weighted by Crippen LogP contribution is 2.44. The topological polar surface area (TPSA) is 106 Å². The molecule has 9 heteroatoms. The molecule has 1 amide bonds. The number of aryl methyl sites for hydroxylation is 3. The number of nitrogens with zero attached hydrogens (tertiary/aromatic N) is 2. The summed E-state index contributed by atoms with van der Waals surface area (Å²) < 4.78 is 11.1. The van der Waals surface area contributed by atoms with Crippen LogP contribution in [0.15, 0.2) is 78.4 Å². The first-order valence-corrected chi connectivity index (χ1v) is 14.3. The van der Waals surface area contributed by atoms with E-state index in [1.165, 1.54) is 4.90 Å². The summed E-state index contributed by atoms with van der Waals surface area (Å²) in [5, 5.41) is 11.7. The first kappa shape index (κ1) is 28.8. The first-order chi connectivity index (χ1) is 20.2. The second kappa shape index (κ2) is 12.0. The van der Waals surface area contributed by atoms with E-state index in [9.17, 15) is 19.5 Å². The lowest BCUT2D eigenvalue weighted by Gasteiger charge is -2.23. The van der Waals surface area contributed by atoms with Crippen molar-refractivity contribution in [2.45, 2.75) is 40.3 Å². The summed E-state index contributed by atoms with van der Waals surface area (Å²) in [5.41, 5.74) is 4.01. The molecule has 8 nitrogen and oxygen atoms in total. The SMILES string of the molecule is CCOC(=O)c1sc(N2C(=O)C(=O)/C(=C(/O)c3cc(C)ccc3C)C2c2ccc(OCc3ccccc3)cc2)nc1C. The molecular formula is C33H30N2O6S. The summed E-state index contributed by atoms with van der Waals surface area (Å²) in [4.78, 5) is 45.7. The number of rotatable bonds is 8. The van der Waals surface area contributed by atoms with E-state index >= 15 is 0 Å². The van der Waals surface area contributed by atoms with Gasteiger partial charge in [0.15, 0.2) is 5.13 Å². The second-order valence-electron chi connectivity index (χ2n) is 9.96. The van der Waals surface area contributed by atoms with Crippen LogP contribution in [0.2, 0.25) is 0 Å². The highest BCUT2D eigenvalue weighted by atomic mass is 32.1. The maximum Gasteiger partial charge on any atom is 0.350 e. The van der Waals surface area contributed by atoms with E-state index in [0.717, 1.165) is 28.0 Å². The normalized spacial score (nSPS) is 16.1. The Labute approximate surface area is 247 Å². The lowest BCUT2D eigenvalue weighted by atomic mass is 9.93. The largest absolute Gasteiger partial charge is 0.507 e. The minimum absolute atomic E-state index is 0.0582. The van der Waals surface area contributed by atoms with Crippen LogP contribution in [0.5, 0.6) is 5.75 Å². The molecule has 214 valence electrons. The quantitative estimate of drug-likeness (QED) is 0.110. The number of aliphatic hydroxyl groups is 1. The van der Waals surface area contributed by atoms with Crippen LogP contribution < -0.4 is 9.64 Å². The highest BCUT2D eigenvalue weighted by molar-refractivity contribution is 7.17. The van der Waals surface area contributed by atoms with Gasteiger partial charge in [-0.2, -0.15) is 0 Å². The third-order valence-corrected chi connectivity index (χ3v) is 8.13. The van der Waals surface area contributed by atoms with Gasteiger partial charge < -0.3 is 14.6 Å². The predicted molar refractivity (Wildman–Crippen MR) is 161 cm³/mol. The number of hydrogen-bond donors (Lipinski definition) is 1. The number of hydrogen-bond acceptors (Lipinski definition) is 8. The number of carbonyl (C=O) groups excluding carboxylic acids is 3. The van der Waals surface area contributed by atoms with E-state index in [-0.39, 0.29) is 27.9 Å². The Kier molecular flexibility index (Phi) is 8.22. The van der Waals surface area contributed by atoms with Crippen LogP contribution in [0, 0.1) is 20.8 Å². The second-order valence-corrected chi connectivity index (χ2v) is 10.9. The molecule has 1 aliphatic heterocycles. The van der Waals surface area contributed by atoms with Gasteiger partial charge in [0, 0.05) is 5.56 Å². The van der Waals surface area contributed by atoms with E-state index in [2.05, 4.69) is 4.98 Å². The van der Waals surface area contributed by atoms with Crippen molar-refractivity contribution in [3.63, 3.8) is 0 Å². The van der Waals surface area contributed by atoms with Gasteiger partial charge in [-0.3, -0.25) is 14.5 Å². The Morgan fingerprint density at radius 3 is 2.40 bits per heavy atom. The van der Waals surface area contributed by atoms with Gasteiger partial charge >= 0.3 is 11.9 Å². The zero-order valence-electron chi connectivity index (χ0n) is 23.7. The Morgan fingerprint density at radius 1 is 1.00 bits per heavy atom. The Balaban J connectivity index is 1.60. The Hall–Kier alpha value is -4.76. The van der Waals surface area contributed by atoms with Crippen LogP contribution in [0.1, 0.15) is 56.1 Å². The molecule has 0 bridgehead atoms. The third-order valence-electron chi connectivity index (χ3n) is 6.99. The molecule has 1 aliphatic rings. The average Bonchev–Trinajstić information content (AvgIpc) is 3.50. The fraction of sp³-hybridized carbons (Fsp3) is 0.212. The molecule has 4 aromatic rings. The Bertz CT molecular complexity index is 1690. The van der Waals surface area contributed by atoms with Crippen molar-refractivity contribution >= 4 is 39.9 Å². The maximum atomic E-state index is 13.6. The van der Waals surface area contributed by atoms with Crippen molar-refractivity contribution in [1.29, 1.82) is 0 Å². The van der Waals surface area contributed by atoms with Gasteiger partial charge in [0.2, 0.25) is 0 Å². The van der Waals surface area contributed by atoms with Gasteiger partial charge in [0.05, 0.1) is 23.9 Å². The fourth-order valence-corrected chi connectivity index (χ4v) is 5.83. The summed E-state index contributed by atoms with van der Waals surface area (Å²) >= 11 is 0.971. The molecule has 1 aromatic heterocycles. The van der Waals surface area contributed by atoms with Crippen LogP contribution in [-0.2, 0) is 20.9 Å². The van der Waals surface area contributed by atoms with Gasteiger partial charge in [-0.1, -0.05) is 71.5 Å². The van der Waals surface area contributed by atoms with Crippen molar-refractivity contribution in [3.8, 4) is 5.75 Å². The number of thiazole rings is 1. The Morgan fingerprint density at radius 2 is 1.71 bits per heavy atom. The van der Waals surface area contributed by atoms with E-state index in [4.69, 9.17) is 9.47 Å². The molecule has 0 radical (unpaired) electrons. The van der Waals surface area contributed by atoms with E-state index in [1.807, 2.05) is 56.3 Å². The van der Waals surface area contributed by atoms with Gasteiger partial charge in [-0.15, -0.1) is 0 Å². The number of amides is 1. The molecule has 2 heterocycles. The van der Waals surface area contributed by atoms with Crippen LogP contribution in [0.4, 0.5) is 5.13 Å². The van der Waals surface area contributed by atoms with Crippen molar-refractivity contribution < 1.29 is 29.0 Å². The van der Waals surface area contributed by atoms with E-state index < -0.39 is 23.7 Å². The molecule has 0 saturated carbocycles. The number of aromatic nitrogens is 1. The van der Waals surface area contributed by atoms with Crippen molar-refractivity contribution in [1.82, 2.24) is 4.98 Å². The number of ether oxygens (including phenoxy) is 2. The highest BCUT2D eigenvalue weighted by Gasteiger charge is 2.48. The molecule has 1 N–H and O–H groups in total. The number of benzene rings is 3. The summed E-state index contributed by atoms with van der Waals surface area (Å²) in [6, 6.07) is 21.3. The molecule has 1 unspecified atom stereocenters. The smallest absolute Gasteiger partial charge is 0.350 e.